The van der Waals surface area contributed by atoms with Gasteiger partial charge in [-0.05, 0) is 19.9 Å². The molecule has 10 heteroatoms. The number of nitro benzene ring substituents is 2. The van der Waals surface area contributed by atoms with Gasteiger partial charge in [0.15, 0.2) is 23.0 Å². The lowest BCUT2D eigenvalue weighted by molar-refractivity contribution is -0.385. The van der Waals surface area contributed by atoms with E-state index in [0.29, 0.717) is 6.07 Å². The van der Waals surface area contributed by atoms with Gasteiger partial charge in [0.2, 0.25) is 0 Å². The van der Waals surface area contributed by atoms with E-state index in [0.717, 1.165) is 6.07 Å². The number of phenols is 4. The van der Waals surface area contributed by atoms with Gasteiger partial charge in [0.1, 0.15) is 5.56 Å². The molecule has 0 heterocycles. The number of benzene rings is 2. The standard InChI is InChI=1S/C14H12N2O8/c1-5-3-8(17)14(20)11(12(5)16(23)24)10-6(2)7(15(21)22)4-9(18)13(10)19/h3-4,17-20H,1-2H3. The number of aryl methyl sites for hydroxylation is 1. The van der Waals surface area contributed by atoms with Gasteiger partial charge in [0.05, 0.1) is 15.9 Å². The Morgan fingerprint density at radius 2 is 1.33 bits per heavy atom. The van der Waals surface area contributed by atoms with Crippen LogP contribution in [0.3, 0.4) is 0 Å². The average Bonchev–Trinajstić information content (AvgIpc) is 2.47. The molecular formula is C14H12N2O8. The van der Waals surface area contributed by atoms with E-state index in [1.54, 1.807) is 0 Å². The Hall–Kier alpha value is -3.56. The van der Waals surface area contributed by atoms with Gasteiger partial charge in [-0.1, -0.05) is 0 Å². The normalized spacial score (nSPS) is 10.6. The lowest BCUT2D eigenvalue weighted by atomic mass is 9.93. The highest BCUT2D eigenvalue weighted by molar-refractivity contribution is 5.91. The second-order valence-corrected chi connectivity index (χ2v) is 5.06. The number of rotatable bonds is 3. The third-order valence-corrected chi connectivity index (χ3v) is 3.58. The molecule has 2 aromatic rings. The van der Waals surface area contributed by atoms with Crippen molar-refractivity contribution in [1.82, 2.24) is 0 Å². The largest absolute Gasteiger partial charge is 0.504 e. The van der Waals surface area contributed by atoms with Crippen LogP contribution in [-0.2, 0) is 0 Å². The minimum atomic E-state index is -0.939. The third kappa shape index (κ3) is 2.39. The van der Waals surface area contributed by atoms with Gasteiger partial charge in [0, 0.05) is 16.7 Å². The quantitative estimate of drug-likeness (QED) is 0.377. The van der Waals surface area contributed by atoms with Crippen LogP contribution in [0, 0.1) is 34.1 Å². The fourth-order valence-electron chi connectivity index (χ4n) is 2.49. The summed E-state index contributed by atoms with van der Waals surface area (Å²) in [6.45, 7) is 2.47. The lowest BCUT2D eigenvalue weighted by Crippen LogP contribution is -2.00. The lowest BCUT2D eigenvalue weighted by Gasteiger charge is -2.14. The molecule has 0 aliphatic carbocycles. The molecule has 10 nitrogen and oxygen atoms in total. The first-order valence-corrected chi connectivity index (χ1v) is 6.48. The summed E-state index contributed by atoms with van der Waals surface area (Å²) in [6, 6.07) is 1.63. The van der Waals surface area contributed by atoms with Crippen LogP contribution < -0.4 is 0 Å². The summed E-state index contributed by atoms with van der Waals surface area (Å²) in [4.78, 5) is 20.7. The fraction of sp³-hybridized carbons (Fsp3) is 0.143. The van der Waals surface area contributed by atoms with Crippen molar-refractivity contribution in [2.75, 3.05) is 0 Å². The molecule has 4 N–H and O–H groups in total. The topological polar surface area (TPSA) is 167 Å². The maximum absolute atomic E-state index is 11.3. The Bertz CT molecular complexity index is 891. The Morgan fingerprint density at radius 1 is 0.833 bits per heavy atom. The molecule has 0 amide bonds. The zero-order valence-corrected chi connectivity index (χ0v) is 12.5. The first-order valence-electron chi connectivity index (χ1n) is 6.48. The van der Waals surface area contributed by atoms with E-state index in [-0.39, 0.29) is 11.1 Å². The van der Waals surface area contributed by atoms with E-state index < -0.39 is 55.3 Å². The molecule has 0 radical (unpaired) electrons. The summed E-state index contributed by atoms with van der Waals surface area (Å²) < 4.78 is 0. The number of hydrogen-bond donors (Lipinski definition) is 4. The molecule has 2 aromatic carbocycles. The van der Waals surface area contributed by atoms with Crippen molar-refractivity contribution < 1.29 is 30.3 Å². The number of hydrogen-bond acceptors (Lipinski definition) is 8. The Balaban J connectivity index is 3.08. The molecule has 0 spiro atoms. The second kappa shape index (κ2) is 5.57. The van der Waals surface area contributed by atoms with E-state index in [1.807, 2.05) is 0 Å². The summed E-state index contributed by atoms with van der Waals surface area (Å²) >= 11 is 0. The highest BCUT2D eigenvalue weighted by Crippen LogP contribution is 2.52. The molecule has 0 bridgehead atoms. The minimum Gasteiger partial charge on any atom is -0.504 e. The Labute approximate surface area is 134 Å². The summed E-state index contributed by atoms with van der Waals surface area (Å²) in [5.41, 5.74) is -2.68. The van der Waals surface area contributed by atoms with Crippen LogP contribution in [0.5, 0.6) is 23.0 Å². The predicted octanol–water partition coefficient (Wildman–Crippen LogP) is 2.61. The molecule has 0 aromatic heterocycles. The van der Waals surface area contributed by atoms with E-state index >= 15 is 0 Å². The van der Waals surface area contributed by atoms with E-state index in [2.05, 4.69) is 0 Å². The summed E-state index contributed by atoms with van der Waals surface area (Å²) in [7, 11) is 0. The summed E-state index contributed by atoms with van der Waals surface area (Å²) in [5, 5.41) is 62.0. The van der Waals surface area contributed by atoms with Crippen LogP contribution in [0.4, 0.5) is 11.4 Å². The molecule has 0 saturated heterocycles. The molecular weight excluding hydrogens is 324 g/mol. The maximum Gasteiger partial charge on any atom is 0.284 e. The smallest absolute Gasteiger partial charge is 0.284 e. The monoisotopic (exact) mass is 336 g/mol. The molecule has 126 valence electrons. The first kappa shape index (κ1) is 16.8. The zero-order valence-electron chi connectivity index (χ0n) is 12.5. The Kier molecular flexibility index (Phi) is 3.90. The molecule has 0 atom stereocenters. The predicted molar refractivity (Wildman–Crippen MR) is 81.3 cm³/mol. The van der Waals surface area contributed by atoms with Gasteiger partial charge in [-0.15, -0.1) is 0 Å². The van der Waals surface area contributed by atoms with E-state index in [9.17, 15) is 40.7 Å². The number of aromatic hydroxyl groups is 4. The zero-order chi connectivity index (χ0) is 18.3. The number of nitro groups is 2. The van der Waals surface area contributed by atoms with Crippen LogP contribution in [-0.4, -0.2) is 30.3 Å². The maximum atomic E-state index is 11.3. The van der Waals surface area contributed by atoms with Crippen LogP contribution >= 0.6 is 0 Å². The van der Waals surface area contributed by atoms with Crippen molar-refractivity contribution in [3.8, 4) is 34.1 Å². The third-order valence-electron chi connectivity index (χ3n) is 3.58. The van der Waals surface area contributed by atoms with Gasteiger partial charge < -0.3 is 20.4 Å². The van der Waals surface area contributed by atoms with Crippen molar-refractivity contribution in [3.63, 3.8) is 0 Å². The van der Waals surface area contributed by atoms with Crippen molar-refractivity contribution in [2.24, 2.45) is 0 Å². The van der Waals surface area contributed by atoms with Crippen molar-refractivity contribution in [2.45, 2.75) is 13.8 Å². The van der Waals surface area contributed by atoms with Crippen molar-refractivity contribution >= 4 is 11.4 Å². The molecule has 2 rings (SSSR count). The van der Waals surface area contributed by atoms with E-state index in [1.165, 1.54) is 13.8 Å². The first-order chi connectivity index (χ1) is 11.1. The van der Waals surface area contributed by atoms with Gasteiger partial charge in [-0.3, -0.25) is 20.2 Å². The number of nitrogens with zero attached hydrogens (tertiary/aromatic N) is 2. The SMILES string of the molecule is Cc1cc(O)c(O)c(-c2c(C)c([N+](=O)[O-])cc(O)c2O)c1[N+](=O)[O-]. The van der Waals surface area contributed by atoms with Crippen molar-refractivity contribution in [3.05, 3.63) is 43.5 Å². The summed E-state index contributed by atoms with van der Waals surface area (Å²) in [5.74, 6) is -3.43. The average molecular weight is 336 g/mol. The van der Waals surface area contributed by atoms with Crippen LogP contribution in [0.15, 0.2) is 12.1 Å². The highest BCUT2D eigenvalue weighted by atomic mass is 16.6. The van der Waals surface area contributed by atoms with Gasteiger partial charge in [0.25, 0.3) is 11.4 Å². The van der Waals surface area contributed by atoms with Gasteiger partial charge >= 0.3 is 0 Å². The molecule has 0 aliphatic rings. The van der Waals surface area contributed by atoms with Crippen molar-refractivity contribution in [1.29, 1.82) is 0 Å². The number of phenolic OH excluding ortho intramolecular Hbond substituents is 4. The van der Waals surface area contributed by atoms with E-state index in [4.69, 9.17) is 0 Å². The van der Waals surface area contributed by atoms with Crippen LogP contribution in [0.25, 0.3) is 11.1 Å². The Morgan fingerprint density at radius 3 is 1.83 bits per heavy atom. The molecule has 0 unspecified atom stereocenters. The molecule has 0 fully saturated rings. The fourth-order valence-corrected chi connectivity index (χ4v) is 2.49. The van der Waals surface area contributed by atoms with Crippen LogP contribution in [0.1, 0.15) is 11.1 Å². The van der Waals surface area contributed by atoms with Gasteiger partial charge in [-0.25, -0.2) is 0 Å². The summed E-state index contributed by atoms with van der Waals surface area (Å²) in [6.07, 6.45) is 0. The molecule has 0 saturated carbocycles. The second-order valence-electron chi connectivity index (χ2n) is 5.06. The van der Waals surface area contributed by atoms with Crippen LogP contribution in [0.2, 0.25) is 0 Å². The van der Waals surface area contributed by atoms with Gasteiger partial charge in [-0.2, -0.15) is 0 Å². The highest BCUT2D eigenvalue weighted by Gasteiger charge is 2.32. The molecule has 0 aliphatic heterocycles. The minimum absolute atomic E-state index is 0.0462. The molecule has 24 heavy (non-hydrogen) atoms.